The van der Waals surface area contributed by atoms with Crippen molar-refractivity contribution in [3.63, 3.8) is 0 Å². The molecule has 2 aliphatic carbocycles. The Morgan fingerprint density at radius 3 is 2.62 bits per heavy atom. The van der Waals surface area contributed by atoms with E-state index in [1.165, 1.54) is 11.8 Å². The van der Waals surface area contributed by atoms with E-state index in [0.29, 0.717) is 23.5 Å². The minimum atomic E-state index is -0.967. The first-order valence-electron chi connectivity index (χ1n) is 12.6. The summed E-state index contributed by atoms with van der Waals surface area (Å²) in [5.41, 5.74) is 10.8. The molecule has 1 fully saturated rings. The van der Waals surface area contributed by atoms with Crippen molar-refractivity contribution in [1.29, 1.82) is 0 Å². The Hall–Kier alpha value is -3.72. The lowest BCUT2D eigenvalue weighted by Crippen LogP contribution is -2.52. The van der Waals surface area contributed by atoms with Gasteiger partial charge in [0.2, 0.25) is 5.91 Å². The quantitative estimate of drug-likeness (QED) is 0.527. The lowest BCUT2D eigenvalue weighted by Gasteiger charge is -2.40. The molecule has 0 spiro atoms. The third kappa shape index (κ3) is 5.36. The molecule has 0 radical (unpaired) electrons. The van der Waals surface area contributed by atoms with E-state index in [4.69, 9.17) is 4.74 Å². The first-order valence-corrected chi connectivity index (χ1v) is 12.6. The highest BCUT2D eigenvalue weighted by molar-refractivity contribution is 6.03. The van der Waals surface area contributed by atoms with Crippen molar-refractivity contribution in [1.82, 2.24) is 10.9 Å². The second-order valence-electron chi connectivity index (χ2n) is 9.73. The molecule has 7 nitrogen and oxygen atoms in total. The number of nitrogens with one attached hydrogen (secondary N) is 2. The van der Waals surface area contributed by atoms with Gasteiger partial charge in [-0.25, -0.2) is 19.0 Å². The Morgan fingerprint density at radius 1 is 1.08 bits per heavy atom. The number of hydrazine groups is 1. The minimum Gasteiger partial charge on any atom is -0.407 e. The van der Waals surface area contributed by atoms with Gasteiger partial charge in [0.25, 0.3) is 0 Å². The van der Waals surface area contributed by atoms with Crippen molar-refractivity contribution in [3.8, 4) is 5.75 Å². The highest BCUT2D eigenvalue weighted by atomic mass is 19.1. The molecule has 2 N–H and O–H groups in total. The smallest absolute Gasteiger partial charge is 0.407 e. The molecule has 5 rings (SSSR count). The van der Waals surface area contributed by atoms with Crippen LogP contribution in [0.3, 0.4) is 0 Å². The number of allylic oxidation sites excluding steroid dienone is 4. The van der Waals surface area contributed by atoms with Gasteiger partial charge in [0.1, 0.15) is 5.82 Å². The average Bonchev–Trinajstić information content (AvgIpc) is 3.70. The molecule has 194 valence electrons. The number of nitrogens with zero attached hydrogens (tertiary/aromatic N) is 2. The van der Waals surface area contributed by atoms with Crippen LogP contribution in [0, 0.1) is 11.6 Å². The van der Waals surface area contributed by atoms with E-state index in [0.717, 1.165) is 61.1 Å². The molecule has 0 saturated heterocycles. The summed E-state index contributed by atoms with van der Waals surface area (Å²) in [5, 5.41) is 0. The number of halogens is 2. The molecule has 37 heavy (non-hydrogen) atoms. The zero-order chi connectivity index (χ0) is 26.1. The summed E-state index contributed by atoms with van der Waals surface area (Å²) in [7, 11) is 0. The molecule has 2 amide bonds. The van der Waals surface area contributed by atoms with Gasteiger partial charge < -0.3 is 15.1 Å². The summed E-state index contributed by atoms with van der Waals surface area (Å²) in [6.45, 7) is 3.47. The Bertz CT molecular complexity index is 1290. The van der Waals surface area contributed by atoms with Crippen LogP contribution in [0.2, 0.25) is 0 Å². The van der Waals surface area contributed by atoms with Gasteiger partial charge in [-0.05, 0) is 68.9 Å². The number of ether oxygens (including phenoxy) is 1. The molecule has 1 saturated carbocycles. The summed E-state index contributed by atoms with van der Waals surface area (Å²) in [5.74, 6) is -2.24. The number of amides is 2. The molecule has 3 aliphatic rings. The SMILES string of the molecule is CC(=O)N1c2ccc(C3=C(NNC4CC4)CCCC=C3)cc2N(C(=O)Oc2ccc(F)cc2F)C[C@@H]1C. The van der Waals surface area contributed by atoms with E-state index < -0.39 is 17.7 Å². The zero-order valence-corrected chi connectivity index (χ0v) is 20.9. The van der Waals surface area contributed by atoms with Crippen LogP contribution in [-0.4, -0.2) is 30.6 Å². The number of hydrogen-bond donors (Lipinski definition) is 2. The first kappa shape index (κ1) is 25.0. The van der Waals surface area contributed by atoms with Gasteiger partial charge in [-0.15, -0.1) is 0 Å². The van der Waals surface area contributed by atoms with Crippen molar-refractivity contribution in [2.75, 3.05) is 16.3 Å². The third-order valence-electron chi connectivity index (χ3n) is 6.79. The van der Waals surface area contributed by atoms with Crippen molar-refractivity contribution >= 4 is 28.9 Å². The maximum Gasteiger partial charge on any atom is 0.419 e. The maximum absolute atomic E-state index is 14.2. The summed E-state index contributed by atoms with van der Waals surface area (Å²) < 4.78 is 32.9. The van der Waals surface area contributed by atoms with Gasteiger partial charge in [-0.2, -0.15) is 0 Å². The van der Waals surface area contributed by atoms with E-state index in [1.54, 1.807) is 4.90 Å². The van der Waals surface area contributed by atoms with Crippen molar-refractivity contribution < 1.29 is 23.1 Å². The molecule has 2 aromatic carbocycles. The average molecular weight is 509 g/mol. The summed E-state index contributed by atoms with van der Waals surface area (Å²) in [4.78, 5) is 28.8. The summed E-state index contributed by atoms with van der Waals surface area (Å²) in [6.07, 6.45) is 8.54. The molecule has 9 heteroatoms. The van der Waals surface area contributed by atoms with Crippen LogP contribution in [0.5, 0.6) is 5.75 Å². The molecule has 0 aromatic heterocycles. The second kappa shape index (κ2) is 10.3. The zero-order valence-electron chi connectivity index (χ0n) is 20.9. The van der Waals surface area contributed by atoms with Gasteiger partial charge in [0.15, 0.2) is 11.6 Å². The molecular weight excluding hydrogens is 478 g/mol. The van der Waals surface area contributed by atoms with Crippen molar-refractivity contribution in [2.24, 2.45) is 0 Å². The van der Waals surface area contributed by atoms with Crippen LogP contribution in [0.25, 0.3) is 5.57 Å². The number of rotatable bonds is 5. The predicted molar refractivity (Wildman–Crippen MR) is 138 cm³/mol. The molecule has 0 bridgehead atoms. The van der Waals surface area contributed by atoms with Crippen molar-refractivity contribution in [2.45, 2.75) is 58.0 Å². The predicted octanol–water partition coefficient (Wildman–Crippen LogP) is 5.43. The van der Waals surface area contributed by atoms with E-state index in [-0.39, 0.29) is 24.2 Å². The third-order valence-corrected chi connectivity index (χ3v) is 6.79. The molecule has 1 atom stereocenters. The Morgan fingerprint density at radius 2 is 1.89 bits per heavy atom. The van der Waals surface area contributed by atoms with Gasteiger partial charge in [0.05, 0.1) is 17.4 Å². The summed E-state index contributed by atoms with van der Waals surface area (Å²) in [6, 6.07) is 8.57. The lowest BCUT2D eigenvalue weighted by atomic mass is 9.98. The van der Waals surface area contributed by atoms with Gasteiger partial charge >= 0.3 is 6.09 Å². The fourth-order valence-electron chi connectivity index (χ4n) is 4.80. The van der Waals surface area contributed by atoms with Crippen LogP contribution in [0.15, 0.2) is 54.2 Å². The number of benzene rings is 2. The number of carbonyl (C=O) groups excluding carboxylic acids is 2. The van der Waals surface area contributed by atoms with Crippen LogP contribution in [0.4, 0.5) is 25.0 Å². The van der Waals surface area contributed by atoms with E-state index >= 15 is 0 Å². The van der Waals surface area contributed by atoms with Crippen LogP contribution in [0.1, 0.15) is 51.5 Å². The fraction of sp³-hybridized carbons (Fsp3) is 0.357. The molecule has 0 unspecified atom stereocenters. The first-order chi connectivity index (χ1) is 17.8. The lowest BCUT2D eigenvalue weighted by molar-refractivity contribution is -0.117. The summed E-state index contributed by atoms with van der Waals surface area (Å²) >= 11 is 0. The molecule has 2 aromatic rings. The topological polar surface area (TPSA) is 73.9 Å². The monoisotopic (exact) mass is 508 g/mol. The number of carbonyl (C=O) groups is 2. The van der Waals surface area contributed by atoms with Gasteiger partial charge in [0, 0.05) is 36.8 Å². The van der Waals surface area contributed by atoms with E-state index in [9.17, 15) is 18.4 Å². The highest BCUT2D eigenvalue weighted by Gasteiger charge is 2.35. The largest absolute Gasteiger partial charge is 0.419 e. The van der Waals surface area contributed by atoms with Crippen molar-refractivity contribution in [3.05, 3.63) is 71.4 Å². The normalized spacial score (nSPS) is 19.4. The number of hydrogen-bond acceptors (Lipinski definition) is 5. The van der Waals surface area contributed by atoms with E-state index in [1.807, 2.05) is 25.1 Å². The van der Waals surface area contributed by atoms with Crippen LogP contribution in [-0.2, 0) is 4.79 Å². The fourth-order valence-corrected chi connectivity index (χ4v) is 4.80. The Balaban J connectivity index is 1.53. The minimum absolute atomic E-state index is 0.149. The molecular formula is C28H30F2N4O3. The number of fused-ring (bicyclic) bond motifs is 1. The van der Waals surface area contributed by atoms with Crippen LogP contribution < -0.4 is 25.4 Å². The molecule has 1 heterocycles. The standard InChI is InChI=1S/C28H30F2N4O3/c1-17-16-33(28(36)37-27-13-9-20(29)15-23(27)30)26-14-19(8-12-25(26)34(17)18(2)35)22-6-4-3-5-7-24(22)32-31-21-10-11-21/h4,6,8-9,12-15,17,21,31-32H,3,5,7,10-11,16H2,1-2H3/t17-/m0/s1. The number of anilines is 2. The Kier molecular flexibility index (Phi) is 6.97. The van der Waals surface area contributed by atoms with Crippen LogP contribution >= 0.6 is 0 Å². The van der Waals surface area contributed by atoms with Gasteiger partial charge in [-0.1, -0.05) is 18.2 Å². The van der Waals surface area contributed by atoms with E-state index in [2.05, 4.69) is 23.0 Å². The highest BCUT2D eigenvalue weighted by Crippen LogP contribution is 2.39. The Labute approximate surface area is 214 Å². The molecule has 1 aliphatic heterocycles. The van der Waals surface area contributed by atoms with Gasteiger partial charge in [-0.3, -0.25) is 9.69 Å². The maximum atomic E-state index is 14.2. The second-order valence-corrected chi connectivity index (χ2v) is 9.73.